The number of phenols is 1. The lowest BCUT2D eigenvalue weighted by Gasteiger charge is -2.10. The molecule has 0 aliphatic heterocycles. The zero-order chi connectivity index (χ0) is 12.8. The van der Waals surface area contributed by atoms with Crippen LogP contribution in [0.1, 0.15) is 25.3 Å². The van der Waals surface area contributed by atoms with E-state index in [4.69, 9.17) is 0 Å². The van der Waals surface area contributed by atoms with Gasteiger partial charge in [-0.25, -0.2) is 0 Å². The first kappa shape index (κ1) is 13.0. The minimum Gasteiger partial charge on any atom is -0.508 e. The van der Waals surface area contributed by atoms with Crippen molar-refractivity contribution in [3.8, 4) is 5.75 Å². The zero-order valence-electron chi connectivity index (χ0n) is 10.6. The molecule has 0 heterocycles. The third kappa shape index (κ3) is 3.30. The van der Waals surface area contributed by atoms with Crippen molar-refractivity contribution in [2.75, 3.05) is 0 Å². The lowest BCUT2D eigenvalue weighted by Crippen LogP contribution is -1.89. The molecule has 18 heavy (non-hydrogen) atoms. The molecule has 0 saturated heterocycles. The molecule has 1 nitrogen and oxygen atoms in total. The first-order valence-corrected chi connectivity index (χ1v) is 7.16. The van der Waals surface area contributed by atoms with Crippen molar-refractivity contribution in [1.29, 1.82) is 0 Å². The minimum atomic E-state index is 0.421. The number of rotatable bonds is 5. The summed E-state index contributed by atoms with van der Waals surface area (Å²) in [7, 11) is 0. The molecule has 0 atom stereocenters. The van der Waals surface area contributed by atoms with E-state index in [-0.39, 0.29) is 0 Å². The van der Waals surface area contributed by atoms with E-state index in [2.05, 4.69) is 25.1 Å². The van der Waals surface area contributed by atoms with E-state index in [9.17, 15) is 5.11 Å². The fourth-order valence-electron chi connectivity index (χ4n) is 1.87. The predicted octanol–water partition coefficient (Wildman–Crippen LogP) is 4.89. The molecule has 0 bridgehead atoms. The highest BCUT2D eigenvalue weighted by atomic mass is 32.2. The number of phenolic OH excluding ortho intramolecular Hbond substituents is 1. The van der Waals surface area contributed by atoms with Crippen LogP contribution in [0.25, 0.3) is 0 Å². The molecule has 0 aromatic heterocycles. The van der Waals surface area contributed by atoms with E-state index in [0.717, 1.165) is 29.7 Å². The Morgan fingerprint density at radius 1 is 1.00 bits per heavy atom. The van der Waals surface area contributed by atoms with Gasteiger partial charge < -0.3 is 5.11 Å². The summed E-state index contributed by atoms with van der Waals surface area (Å²) in [5.74, 6) is 0.421. The number of hydrogen-bond acceptors (Lipinski definition) is 2. The smallest absolute Gasteiger partial charge is 0.119 e. The molecule has 94 valence electrons. The maximum absolute atomic E-state index is 9.98. The van der Waals surface area contributed by atoms with E-state index in [1.807, 2.05) is 24.3 Å². The number of aromatic hydroxyl groups is 1. The van der Waals surface area contributed by atoms with Gasteiger partial charge in [0, 0.05) is 15.4 Å². The van der Waals surface area contributed by atoms with Crippen LogP contribution in [0.4, 0.5) is 0 Å². The summed E-state index contributed by atoms with van der Waals surface area (Å²) in [6, 6.07) is 16.1. The Kier molecular flexibility index (Phi) is 4.71. The fourth-order valence-corrected chi connectivity index (χ4v) is 2.89. The van der Waals surface area contributed by atoms with Crippen LogP contribution in [-0.2, 0) is 6.42 Å². The molecule has 0 saturated carbocycles. The molecule has 0 fully saturated rings. The normalized spacial score (nSPS) is 10.5. The molecule has 0 aliphatic carbocycles. The first-order valence-electron chi connectivity index (χ1n) is 6.35. The molecule has 1 N–H and O–H groups in total. The first-order chi connectivity index (χ1) is 8.81. The van der Waals surface area contributed by atoms with E-state index in [1.165, 1.54) is 4.90 Å². The molecule has 0 aliphatic rings. The standard InChI is InChI=1S/C16H18OS/c1-2-3-10-14-15(17)11-7-12-16(14)18-13-8-5-4-6-9-13/h4-9,11-12,17H,2-3,10H2,1H3. The van der Waals surface area contributed by atoms with Crippen LogP contribution in [0, 0.1) is 0 Å². The van der Waals surface area contributed by atoms with Crippen molar-refractivity contribution in [2.24, 2.45) is 0 Å². The highest BCUT2D eigenvalue weighted by molar-refractivity contribution is 7.99. The van der Waals surface area contributed by atoms with Gasteiger partial charge in [0.05, 0.1) is 0 Å². The van der Waals surface area contributed by atoms with Crippen molar-refractivity contribution in [2.45, 2.75) is 36.0 Å². The Labute approximate surface area is 113 Å². The molecule has 2 rings (SSSR count). The van der Waals surface area contributed by atoms with Gasteiger partial charge in [0.25, 0.3) is 0 Å². The van der Waals surface area contributed by atoms with Gasteiger partial charge in [-0.15, -0.1) is 0 Å². The monoisotopic (exact) mass is 258 g/mol. The molecule has 2 heteroatoms. The second-order valence-electron chi connectivity index (χ2n) is 4.27. The van der Waals surface area contributed by atoms with Crippen LogP contribution in [-0.4, -0.2) is 5.11 Å². The minimum absolute atomic E-state index is 0.421. The summed E-state index contributed by atoms with van der Waals surface area (Å²) >= 11 is 1.72. The quantitative estimate of drug-likeness (QED) is 0.824. The number of unbranched alkanes of at least 4 members (excludes halogenated alkanes) is 1. The molecular formula is C16H18OS. The molecule has 2 aromatic carbocycles. The van der Waals surface area contributed by atoms with E-state index in [0.29, 0.717) is 5.75 Å². The van der Waals surface area contributed by atoms with E-state index in [1.54, 1.807) is 17.8 Å². The van der Waals surface area contributed by atoms with E-state index < -0.39 is 0 Å². The van der Waals surface area contributed by atoms with E-state index >= 15 is 0 Å². The fraction of sp³-hybridized carbons (Fsp3) is 0.250. The van der Waals surface area contributed by atoms with Gasteiger partial charge in [-0.2, -0.15) is 0 Å². The van der Waals surface area contributed by atoms with Crippen molar-refractivity contribution < 1.29 is 5.11 Å². The second-order valence-corrected chi connectivity index (χ2v) is 5.39. The van der Waals surface area contributed by atoms with Gasteiger partial charge in [0.1, 0.15) is 5.75 Å². The van der Waals surface area contributed by atoms with Gasteiger partial charge >= 0.3 is 0 Å². The number of benzene rings is 2. The Morgan fingerprint density at radius 2 is 1.78 bits per heavy atom. The summed E-state index contributed by atoms with van der Waals surface area (Å²) in [4.78, 5) is 2.37. The van der Waals surface area contributed by atoms with Crippen LogP contribution in [0.3, 0.4) is 0 Å². The van der Waals surface area contributed by atoms with Gasteiger partial charge in [0.15, 0.2) is 0 Å². The summed E-state index contributed by atoms with van der Waals surface area (Å²) < 4.78 is 0. The molecule has 2 aromatic rings. The van der Waals surface area contributed by atoms with Crippen molar-refractivity contribution in [3.63, 3.8) is 0 Å². The van der Waals surface area contributed by atoms with Gasteiger partial charge in [0.2, 0.25) is 0 Å². The summed E-state index contributed by atoms with van der Waals surface area (Å²) in [5.41, 5.74) is 1.08. The summed E-state index contributed by atoms with van der Waals surface area (Å²) in [6.07, 6.45) is 3.20. The van der Waals surface area contributed by atoms with Gasteiger partial charge in [-0.1, -0.05) is 49.4 Å². The molecule has 0 amide bonds. The Hall–Kier alpha value is -1.41. The van der Waals surface area contributed by atoms with Crippen LogP contribution in [0.15, 0.2) is 58.3 Å². The number of hydrogen-bond donors (Lipinski definition) is 1. The van der Waals surface area contributed by atoms with Gasteiger partial charge in [-0.3, -0.25) is 0 Å². The van der Waals surface area contributed by atoms with Crippen LogP contribution < -0.4 is 0 Å². The maximum Gasteiger partial charge on any atom is 0.119 e. The Balaban J connectivity index is 2.24. The highest BCUT2D eigenvalue weighted by Gasteiger charge is 2.08. The largest absolute Gasteiger partial charge is 0.508 e. The average molecular weight is 258 g/mol. The summed E-state index contributed by atoms with van der Waals surface area (Å²) in [6.45, 7) is 2.17. The SMILES string of the molecule is CCCCc1c(O)cccc1Sc1ccccc1. The zero-order valence-corrected chi connectivity index (χ0v) is 11.4. The van der Waals surface area contributed by atoms with Crippen LogP contribution >= 0.6 is 11.8 Å². The molecule has 0 radical (unpaired) electrons. The van der Waals surface area contributed by atoms with Crippen molar-refractivity contribution in [1.82, 2.24) is 0 Å². The topological polar surface area (TPSA) is 20.2 Å². The van der Waals surface area contributed by atoms with Crippen molar-refractivity contribution >= 4 is 11.8 Å². The predicted molar refractivity (Wildman–Crippen MR) is 77.3 cm³/mol. The average Bonchev–Trinajstić information content (AvgIpc) is 2.39. The Morgan fingerprint density at radius 3 is 2.50 bits per heavy atom. The lowest BCUT2D eigenvalue weighted by atomic mass is 10.1. The van der Waals surface area contributed by atoms with Gasteiger partial charge in [-0.05, 0) is 37.1 Å². The van der Waals surface area contributed by atoms with Crippen molar-refractivity contribution in [3.05, 3.63) is 54.1 Å². The molecule has 0 unspecified atom stereocenters. The molecular weight excluding hydrogens is 240 g/mol. The third-order valence-corrected chi connectivity index (χ3v) is 3.97. The Bertz CT molecular complexity index is 494. The maximum atomic E-state index is 9.98. The highest BCUT2D eigenvalue weighted by Crippen LogP contribution is 2.35. The molecule has 0 spiro atoms. The lowest BCUT2D eigenvalue weighted by molar-refractivity contribution is 0.464. The summed E-state index contributed by atoms with van der Waals surface area (Å²) in [5, 5.41) is 9.98. The van der Waals surface area contributed by atoms with Crippen LogP contribution in [0.2, 0.25) is 0 Å². The third-order valence-electron chi connectivity index (χ3n) is 2.86. The second kappa shape index (κ2) is 6.50. The van der Waals surface area contributed by atoms with Crippen LogP contribution in [0.5, 0.6) is 5.75 Å².